The molecule has 2 aromatic heterocycles. The zero-order valence-electron chi connectivity index (χ0n) is 19.9. The number of imidazole rings is 1. The van der Waals surface area contributed by atoms with Gasteiger partial charge in [-0.2, -0.15) is 5.26 Å². The highest BCUT2D eigenvalue weighted by molar-refractivity contribution is 5.94. The Morgan fingerprint density at radius 1 is 1.08 bits per heavy atom. The van der Waals surface area contributed by atoms with Crippen LogP contribution in [0.15, 0.2) is 73.1 Å². The Morgan fingerprint density at radius 2 is 1.92 bits per heavy atom. The molecule has 1 unspecified atom stereocenters. The minimum Gasteiger partial charge on any atom is -0.385 e. The largest absolute Gasteiger partial charge is 0.385 e. The number of rotatable bonds is 3. The van der Waals surface area contributed by atoms with Gasteiger partial charge in [-0.1, -0.05) is 55.3 Å². The number of carbonyl (C=O) groups is 1. The van der Waals surface area contributed by atoms with E-state index in [0.717, 1.165) is 36.8 Å². The minimum absolute atomic E-state index is 0.0255. The normalized spacial score (nSPS) is 23.7. The van der Waals surface area contributed by atoms with Crippen molar-refractivity contribution in [1.82, 2.24) is 19.3 Å². The molecule has 0 spiro atoms. The van der Waals surface area contributed by atoms with Crippen LogP contribution in [0.3, 0.4) is 0 Å². The van der Waals surface area contributed by atoms with E-state index >= 15 is 0 Å². The van der Waals surface area contributed by atoms with Crippen molar-refractivity contribution in [1.29, 1.82) is 5.26 Å². The van der Waals surface area contributed by atoms with Crippen LogP contribution in [0.2, 0.25) is 0 Å². The van der Waals surface area contributed by atoms with E-state index in [1.54, 1.807) is 28.8 Å². The number of likely N-dealkylation sites (tertiary alicyclic amines) is 1. The molecule has 1 amide bonds. The number of aliphatic hydroxyl groups is 1. The summed E-state index contributed by atoms with van der Waals surface area (Å²) in [6.45, 7) is 0.458. The van der Waals surface area contributed by atoms with E-state index in [1.807, 2.05) is 53.6 Å². The van der Waals surface area contributed by atoms with Crippen LogP contribution < -0.4 is 0 Å². The SMILES string of the molecule is N#Cc1cccc(-c2nc(C(=O)N3CC[C@](O)(c4ccccc4)[C@H]4CCCCC43)n3cccnc23)c1. The lowest BCUT2D eigenvalue weighted by Crippen LogP contribution is -2.59. The molecule has 1 aliphatic heterocycles. The highest BCUT2D eigenvalue weighted by atomic mass is 16.3. The van der Waals surface area contributed by atoms with Crippen molar-refractivity contribution in [2.75, 3.05) is 6.54 Å². The second-order valence-corrected chi connectivity index (χ2v) is 9.79. The summed E-state index contributed by atoms with van der Waals surface area (Å²) in [6, 6.07) is 21.0. The van der Waals surface area contributed by atoms with E-state index in [9.17, 15) is 15.2 Å². The van der Waals surface area contributed by atoms with Crippen LogP contribution in [0.4, 0.5) is 0 Å². The molecule has 1 saturated carbocycles. The second-order valence-electron chi connectivity index (χ2n) is 9.79. The molecule has 4 aromatic rings. The predicted octanol–water partition coefficient (Wildman–Crippen LogP) is 4.56. The molecular weight excluding hydrogens is 450 g/mol. The van der Waals surface area contributed by atoms with Gasteiger partial charge in [0.05, 0.1) is 17.2 Å². The topological polar surface area (TPSA) is 94.5 Å². The summed E-state index contributed by atoms with van der Waals surface area (Å²) in [7, 11) is 0. The molecule has 0 radical (unpaired) electrons. The number of aromatic nitrogens is 3. The van der Waals surface area contributed by atoms with Crippen LogP contribution >= 0.6 is 0 Å². The smallest absolute Gasteiger partial charge is 0.290 e. The summed E-state index contributed by atoms with van der Waals surface area (Å²) in [5.74, 6) is 0.139. The third-order valence-electron chi connectivity index (χ3n) is 7.87. The van der Waals surface area contributed by atoms with Gasteiger partial charge in [0.2, 0.25) is 5.82 Å². The van der Waals surface area contributed by atoms with Crippen LogP contribution in [0.25, 0.3) is 16.9 Å². The standard InChI is InChI=1S/C29H27N5O2/c30-19-20-8-6-9-21(18-20)25-26-31-15-7-16-34(26)27(32-25)28(35)33-17-14-29(36,22-10-2-1-3-11-22)23-12-4-5-13-24(23)33/h1-3,6-11,15-16,18,23-24,36H,4-5,12-14,17H2/t23-,24?,29-/m0/s1. The molecule has 2 aliphatic rings. The van der Waals surface area contributed by atoms with Crippen molar-refractivity contribution in [3.05, 3.63) is 90.0 Å². The first-order valence-corrected chi connectivity index (χ1v) is 12.5. The molecule has 1 saturated heterocycles. The number of amides is 1. The maximum absolute atomic E-state index is 14.1. The second kappa shape index (κ2) is 8.89. The molecule has 7 heteroatoms. The number of nitrogens with zero attached hydrogens (tertiary/aromatic N) is 5. The van der Waals surface area contributed by atoms with Gasteiger partial charge in [0.15, 0.2) is 5.65 Å². The van der Waals surface area contributed by atoms with E-state index in [0.29, 0.717) is 35.7 Å². The molecule has 2 fully saturated rings. The van der Waals surface area contributed by atoms with Crippen LogP contribution in [0, 0.1) is 17.2 Å². The highest BCUT2D eigenvalue weighted by Gasteiger charge is 2.50. The summed E-state index contributed by atoms with van der Waals surface area (Å²) in [6.07, 6.45) is 7.81. The van der Waals surface area contributed by atoms with E-state index in [4.69, 9.17) is 4.98 Å². The number of piperidine rings is 1. The van der Waals surface area contributed by atoms with E-state index in [-0.39, 0.29) is 17.9 Å². The number of carbonyl (C=O) groups excluding carboxylic acids is 1. The van der Waals surface area contributed by atoms with E-state index in [1.165, 1.54) is 0 Å². The Morgan fingerprint density at radius 3 is 2.75 bits per heavy atom. The molecule has 2 aromatic carbocycles. The van der Waals surface area contributed by atoms with Crippen LogP contribution in [-0.2, 0) is 5.60 Å². The molecule has 180 valence electrons. The lowest BCUT2D eigenvalue weighted by molar-refractivity contribution is -0.110. The minimum atomic E-state index is -0.942. The Balaban J connectivity index is 1.40. The Hall–Kier alpha value is -4.02. The summed E-state index contributed by atoms with van der Waals surface area (Å²) >= 11 is 0. The van der Waals surface area contributed by atoms with Crippen molar-refractivity contribution in [2.24, 2.45) is 5.92 Å². The van der Waals surface area contributed by atoms with Gasteiger partial charge in [0, 0.05) is 36.5 Å². The van der Waals surface area contributed by atoms with Crippen LogP contribution in [-0.4, -0.2) is 42.9 Å². The van der Waals surface area contributed by atoms with E-state index in [2.05, 4.69) is 11.1 Å². The molecule has 1 aliphatic carbocycles. The third-order valence-corrected chi connectivity index (χ3v) is 7.87. The van der Waals surface area contributed by atoms with Crippen molar-refractivity contribution < 1.29 is 9.90 Å². The first-order valence-electron chi connectivity index (χ1n) is 12.5. The van der Waals surface area contributed by atoms with Crippen LogP contribution in [0.5, 0.6) is 0 Å². The zero-order chi connectivity index (χ0) is 24.7. The average molecular weight is 478 g/mol. The third kappa shape index (κ3) is 3.57. The van der Waals surface area contributed by atoms with Gasteiger partial charge in [-0.25, -0.2) is 9.97 Å². The Labute approximate surface area is 209 Å². The van der Waals surface area contributed by atoms with Gasteiger partial charge in [0.1, 0.15) is 5.69 Å². The molecule has 36 heavy (non-hydrogen) atoms. The molecule has 3 atom stereocenters. The first-order chi connectivity index (χ1) is 17.6. The summed E-state index contributed by atoms with van der Waals surface area (Å²) in [4.78, 5) is 25.3. The Bertz CT molecular complexity index is 1470. The number of hydrogen-bond donors (Lipinski definition) is 1. The highest BCUT2D eigenvalue weighted by Crippen LogP contribution is 2.47. The fourth-order valence-corrected chi connectivity index (χ4v) is 6.16. The summed E-state index contributed by atoms with van der Waals surface area (Å²) in [5, 5.41) is 21.2. The number of benzene rings is 2. The first kappa shape index (κ1) is 22.4. The predicted molar refractivity (Wildman–Crippen MR) is 135 cm³/mol. The molecule has 3 heterocycles. The van der Waals surface area contributed by atoms with Crippen molar-refractivity contribution in [2.45, 2.75) is 43.7 Å². The lowest BCUT2D eigenvalue weighted by Gasteiger charge is -2.52. The number of nitriles is 1. The fourth-order valence-electron chi connectivity index (χ4n) is 6.16. The van der Waals surface area contributed by atoms with Crippen molar-refractivity contribution >= 4 is 11.6 Å². The Kier molecular flexibility index (Phi) is 5.54. The molecule has 7 nitrogen and oxygen atoms in total. The van der Waals surface area contributed by atoms with Gasteiger partial charge in [-0.15, -0.1) is 0 Å². The van der Waals surface area contributed by atoms with E-state index < -0.39 is 5.60 Å². The van der Waals surface area contributed by atoms with Gasteiger partial charge < -0.3 is 10.0 Å². The fraction of sp³-hybridized carbons (Fsp3) is 0.310. The average Bonchev–Trinajstić information content (AvgIpc) is 3.33. The number of hydrogen-bond acceptors (Lipinski definition) is 5. The maximum Gasteiger partial charge on any atom is 0.290 e. The van der Waals surface area contributed by atoms with Gasteiger partial charge in [0.25, 0.3) is 5.91 Å². The number of fused-ring (bicyclic) bond motifs is 2. The lowest BCUT2D eigenvalue weighted by atomic mass is 9.66. The summed E-state index contributed by atoms with van der Waals surface area (Å²) in [5.41, 5.74) is 2.42. The van der Waals surface area contributed by atoms with Crippen LogP contribution in [0.1, 0.15) is 53.8 Å². The molecule has 0 bridgehead atoms. The zero-order valence-corrected chi connectivity index (χ0v) is 19.9. The summed E-state index contributed by atoms with van der Waals surface area (Å²) < 4.78 is 1.74. The van der Waals surface area contributed by atoms with Gasteiger partial charge >= 0.3 is 0 Å². The van der Waals surface area contributed by atoms with Crippen molar-refractivity contribution in [3.8, 4) is 17.3 Å². The molecule has 1 N–H and O–H groups in total. The monoisotopic (exact) mass is 477 g/mol. The van der Waals surface area contributed by atoms with Gasteiger partial charge in [-0.3, -0.25) is 9.20 Å². The van der Waals surface area contributed by atoms with Crippen molar-refractivity contribution in [3.63, 3.8) is 0 Å². The molecular formula is C29H27N5O2. The molecule has 6 rings (SSSR count). The maximum atomic E-state index is 14.1. The van der Waals surface area contributed by atoms with Gasteiger partial charge in [-0.05, 0) is 43.0 Å². The quantitative estimate of drug-likeness (QED) is 0.467.